The normalized spacial score (nSPS) is 22.2. The van der Waals surface area contributed by atoms with E-state index < -0.39 is 5.97 Å². The van der Waals surface area contributed by atoms with Crippen molar-refractivity contribution in [3.05, 3.63) is 0 Å². The third-order valence-corrected chi connectivity index (χ3v) is 5.51. The number of rotatable bonds is 5. The van der Waals surface area contributed by atoms with Gasteiger partial charge >= 0.3 is 5.97 Å². The molecule has 140 valence electrons. The topological polar surface area (TPSA) is 64.1 Å². The van der Waals surface area contributed by atoms with Crippen molar-refractivity contribution >= 4 is 24.3 Å². The third-order valence-electron chi connectivity index (χ3n) is 5.51. The molecule has 0 aromatic rings. The summed E-state index contributed by atoms with van der Waals surface area (Å²) in [5.41, 5.74) is 0. The molecule has 0 spiro atoms. The maximum absolute atomic E-state index is 12.7. The SMILES string of the molecule is CC1CCN(C(=O)C(C)N2CCC(N(C)CC(=O)O)CC2)CC1.Cl. The van der Waals surface area contributed by atoms with E-state index >= 15 is 0 Å². The first-order valence-corrected chi connectivity index (χ1v) is 8.83. The van der Waals surface area contributed by atoms with Crippen molar-refractivity contribution in [1.29, 1.82) is 0 Å². The number of nitrogens with zero attached hydrogens (tertiary/aromatic N) is 3. The van der Waals surface area contributed by atoms with E-state index in [1.165, 1.54) is 0 Å². The van der Waals surface area contributed by atoms with Gasteiger partial charge in [-0.2, -0.15) is 0 Å². The van der Waals surface area contributed by atoms with E-state index in [9.17, 15) is 9.59 Å². The lowest BCUT2D eigenvalue weighted by atomic mass is 9.98. The van der Waals surface area contributed by atoms with Crippen molar-refractivity contribution in [2.75, 3.05) is 39.8 Å². The average Bonchev–Trinajstić information content (AvgIpc) is 2.53. The number of amides is 1. The van der Waals surface area contributed by atoms with Gasteiger partial charge in [0.15, 0.2) is 0 Å². The first-order chi connectivity index (χ1) is 10.9. The molecule has 0 bridgehead atoms. The maximum atomic E-state index is 12.7. The molecule has 1 N–H and O–H groups in total. The summed E-state index contributed by atoms with van der Waals surface area (Å²) in [6, 6.07) is 0.245. The van der Waals surface area contributed by atoms with E-state index in [1.54, 1.807) is 0 Å². The Labute approximate surface area is 151 Å². The second kappa shape index (κ2) is 9.59. The largest absolute Gasteiger partial charge is 0.480 e. The van der Waals surface area contributed by atoms with Gasteiger partial charge in [0.25, 0.3) is 0 Å². The molecule has 2 rings (SSSR count). The molecular formula is C17H32ClN3O3. The molecular weight excluding hydrogens is 330 g/mol. The van der Waals surface area contributed by atoms with Gasteiger partial charge in [0.05, 0.1) is 12.6 Å². The third kappa shape index (κ3) is 5.60. The summed E-state index contributed by atoms with van der Waals surface area (Å²) in [7, 11) is 1.87. The van der Waals surface area contributed by atoms with E-state index in [0.29, 0.717) is 6.04 Å². The predicted octanol–water partition coefficient (Wildman–Crippen LogP) is 1.54. The number of carboxylic acids is 1. The lowest BCUT2D eigenvalue weighted by molar-refractivity contribution is -0.139. The van der Waals surface area contributed by atoms with Crippen LogP contribution in [0.5, 0.6) is 0 Å². The molecule has 1 atom stereocenters. The van der Waals surface area contributed by atoms with Gasteiger partial charge in [-0.25, -0.2) is 0 Å². The van der Waals surface area contributed by atoms with Crippen LogP contribution in [0.25, 0.3) is 0 Å². The zero-order valence-electron chi connectivity index (χ0n) is 15.1. The van der Waals surface area contributed by atoms with Gasteiger partial charge < -0.3 is 10.0 Å². The number of carbonyl (C=O) groups is 2. The summed E-state index contributed by atoms with van der Waals surface area (Å²) in [6.45, 7) is 7.87. The van der Waals surface area contributed by atoms with Crippen LogP contribution in [0.1, 0.15) is 39.5 Å². The number of carboxylic acid groups (broad SMARTS) is 1. The van der Waals surface area contributed by atoms with Crippen LogP contribution in [-0.4, -0.2) is 83.5 Å². The van der Waals surface area contributed by atoms with Gasteiger partial charge in [-0.1, -0.05) is 6.92 Å². The summed E-state index contributed by atoms with van der Waals surface area (Å²) in [6.07, 6.45) is 4.08. The summed E-state index contributed by atoms with van der Waals surface area (Å²) in [5.74, 6) is 0.210. The average molecular weight is 362 g/mol. The molecule has 0 aromatic heterocycles. The Hall–Kier alpha value is -0.850. The van der Waals surface area contributed by atoms with Crippen molar-refractivity contribution in [2.24, 2.45) is 5.92 Å². The number of aliphatic carboxylic acids is 1. The first kappa shape index (κ1) is 21.2. The molecule has 2 heterocycles. The molecule has 0 radical (unpaired) electrons. The van der Waals surface area contributed by atoms with E-state index in [-0.39, 0.29) is 30.9 Å². The van der Waals surface area contributed by atoms with Gasteiger partial charge in [0.1, 0.15) is 0 Å². The summed E-state index contributed by atoms with van der Waals surface area (Å²) < 4.78 is 0. The molecule has 2 saturated heterocycles. The monoisotopic (exact) mass is 361 g/mol. The quantitative estimate of drug-likeness (QED) is 0.804. The molecule has 0 aliphatic carbocycles. The summed E-state index contributed by atoms with van der Waals surface area (Å²) >= 11 is 0. The highest BCUT2D eigenvalue weighted by Crippen LogP contribution is 2.21. The molecule has 1 unspecified atom stereocenters. The minimum Gasteiger partial charge on any atom is -0.480 e. The van der Waals surface area contributed by atoms with Gasteiger partial charge in [0.2, 0.25) is 5.91 Å². The highest BCUT2D eigenvalue weighted by Gasteiger charge is 2.31. The lowest BCUT2D eigenvalue weighted by Gasteiger charge is -2.40. The molecule has 0 aromatic carbocycles. The Morgan fingerprint density at radius 3 is 2.17 bits per heavy atom. The number of piperidine rings is 2. The Kier molecular flexibility index (Phi) is 8.46. The Morgan fingerprint density at radius 2 is 1.67 bits per heavy atom. The fraction of sp³-hybridized carbons (Fsp3) is 0.882. The Bertz CT molecular complexity index is 419. The fourth-order valence-electron chi connectivity index (χ4n) is 3.71. The minimum absolute atomic E-state index is 0. The number of hydrogen-bond donors (Lipinski definition) is 1. The van der Waals surface area contributed by atoms with Crippen molar-refractivity contribution in [3.8, 4) is 0 Å². The van der Waals surface area contributed by atoms with Crippen molar-refractivity contribution in [2.45, 2.75) is 51.6 Å². The lowest BCUT2D eigenvalue weighted by Crippen LogP contribution is -2.53. The number of likely N-dealkylation sites (tertiary alicyclic amines) is 2. The zero-order valence-corrected chi connectivity index (χ0v) is 15.9. The number of hydrogen-bond acceptors (Lipinski definition) is 4. The Balaban J connectivity index is 0.00000288. The van der Waals surface area contributed by atoms with Crippen LogP contribution < -0.4 is 0 Å². The maximum Gasteiger partial charge on any atom is 0.317 e. The number of likely N-dealkylation sites (N-methyl/N-ethyl adjacent to an activating group) is 1. The van der Waals surface area contributed by atoms with E-state index in [2.05, 4.69) is 11.8 Å². The molecule has 24 heavy (non-hydrogen) atoms. The summed E-state index contributed by atoms with van der Waals surface area (Å²) in [5, 5.41) is 8.89. The predicted molar refractivity (Wildman–Crippen MR) is 96.5 cm³/mol. The fourth-order valence-corrected chi connectivity index (χ4v) is 3.71. The van der Waals surface area contributed by atoms with E-state index in [1.807, 2.05) is 23.8 Å². The zero-order chi connectivity index (χ0) is 17.0. The molecule has 1 amide bonds. The van der Waals surface area contributed by atoms with Crippen LogP contribution in [0.3, 0.4) is 0 Å². The van der Waals surface area contributed by atoms with Crippen molar-refractivity contribution in [3.63, 3.8) is 0 Å². The van der Waals surface area contributed by atoms with Gasteiger partial charge in [-0.3, -0.25) is 19.4 Å². The van der Waals surface area contributed by atoms with Gasteiger partial charge in [-0.15, -0.1) is 12.4 Å². The van der Waals surface area contributed by atoms with Gasteiger partial charge in [-0.05, 0) is 45.6 Å². The van der Waals surface area contributed by atoms with Crippen LogP contribution in [-0.2, 0) is 9.59 Å². The van der Waals surface area contributed by atoms with Crippen molar-refractivity contribution in [1.82, 2.24) is 14.7 Å². The van der Waals surface area contributed by atoms with Gasteiger partial charge in [0, 0.05) is 32.2 Å². The number of carbonyl (C=O) groups excluding carboxylic acids is 1. The standard InChI is InChI=1S/C17H31N3O3.ClH/c1-13-4-8-20(9-5-13)17(23)14(2)19-10-6-15(7-11-19)18(3)12-16(21)22;/h13-15H,4-12H2,1-3H3,(H,21,22);1H. The highest BCUT2D eigenvalue weighted by molar-refractivity contribution is 5.85. The smallest absolute Gasteiger partial charge is 0.317 e. The molecule has 2 fully saturated rings. The molecule has 0 saturated carbocycles. The van der Waals surface area contributed by atoms with Crippen LogP contribution in [0.2, 0.25) is 0 Å². The van der Waals surface area contributed by atoms with Crippen LogP contribution in [0.15, 0.2) is 0 Å². The minimum atomic E-state index is -0.780. The molecule has 7 heteroatoms. The first-order valence-electron chi connectivity index (χ1n) is 8.83. The van der Waals surface area contributed by atoms with Crippen molar-refractivity contribution < 1.29 is 14.7 Å². The van der Waals surface area contributed by atoms with Crippen LogP contribution >= 0.6 is 12.4 Å². The second-order valence-corrected chi connectivity index (χ2v) is 7.26. The molecule has 2 aliphatic heterocycles. The Morgan fingerprint density at radius 1 is 1.12 bits per heavy atom. The molecule has 6 nitrogen and oxygen atoms in total. The highest BCUT2D eigenvalue weighted by atomic mass is 35.5. The van der Waals surface area contributed by atoms with E-state index in [4.69, 9.17) is 5.11 Å². The molecule has 2 aliphatic rings. The second-order valence-electron chi connectivity index (χ2n) is 7.26. The van der Waals surface area contributed by atoms with E-state index in [0.717, 1.165) is 57.8 Å². The summed E-state index contributed by atoms with van der Waals surface area (Å²) in [4.78, 5) is 29.7. The van der Waals surface area contributed by atoms with Crippen LogP contribution in [0, 0.1) is 5.92 Å². The number of halogens is 1. The van der Waals surface area contributed by atoms with Crippen LogP contribution in [0.4, 0.5) is 0 Å².